The molecule has 222 valence electrons. The summed E-state index contributed by atoms with van der Waals surface area (Å²) in [5.41, 5.74) is 2.47. The van der Waals surface area contributed by atoms with E-state index in [4.69, 9.17) is 16.3 Å². The highest BCUT2D eigenvalue weighted by Gasteiger charge is 2.38. The van der Waals surface area contributed by atoms with E-state index in [1.54, 1.807) is 0 Å². The minimum Gasteiger partial charge on any atom is -0.491 e. The Labute approximate surface area is 248 Å². The van der Waals surface area contributed by atoms with Crippen LogP contribution in [-0.4, -0.2) is 37.5 Å². The van der Waals surface area contributed by atoms with Gasteiger partial charge in [0, 0.05) is 37.1 Å². The molecule has 0 spiro atoms. The zero-order valence-corrected chi connectivity index (χ0v) is 25.9. The lowest BCUT2D eigenvalue weighted by Gasteiger charge is -2.44. The van der Waals surface area contributed by atoms with Crippen LogP contribution in [0.5, 0.6) is 5.75 Å². The molecule has 2 aliphatic carbocycles. The van der Waals surface area contributed by atoms with Crippen LogP contribution in [0.15, 0.2) is 54.1 Å². The van der Waals surface area contributed by atoms with Crippen molar-refractivity contribution < 1.29 is 9.84 Å². The number of aliphatic hydroxyl groups is 1. The first-order chi connectivity index (χ1) is 19.4. The van der Waals surface area contributed by atoms with Crippen LogP contribution in [0.4, 0.5) is 5.69 Å². The van der Waals surface area contributed by atoms with Gasteiger partial charge in [0.15, 0.2) is 0 Å². The second-order valence-electron chi connectivity index (χ2n) is 12.9. The van der Waals surface area contributed by atoms with Crippen LogP contribution in [0.1, 0.15) is 77.7 Å². The minimum absolute atomic E-state index is 0.196. The molecule has 1 saturated carbocycles. The molecule has 1 aromatic rings. The van der Waals surface area contributed by atoms with Crippen LogP contribution < -0.4 is 15.0 Å². The van der Waals surface area contributed by atoms with Gasteiger partial charge in [-0.15, -0.1) is 6.58 Å². The maximum absolute atomic E-state index is 11.3. The largest absolute Gasteiger partial charge is 0.491 e. The highest BCUT2D eigenvalue weighted by atomic mass is 35.5. The quantitative estimate of drug-likeness (QED) is 0.197. The normalized spacial score (nSPS) is 27.1. The van der Waals surface area contributed by atoms with Gasteiger partial charge in [0.1, 0.15) is 5.75 Å². The minimum atomic E-state index is -0.196. The van der Waals surface area contributed by atoms with E-state index in [0.717, 1.165) is 68.6 Å². The number of aliphatic hydroxyl groups excluding tert-OH is 1. The van der Waals surface area contributed by atoms with Crippen molar-refractivity contribution in [3.63, 3.8) is 0 Å². The summed E-state index contributed by atoms with van der Waals surface area (Å²) in [5.74, 6) is 3.98. The van der Waals surface area contributed by atoms with E-state index in [1.807, 2.05) is 12.2 Å². The molecule has 0 amide bonds. The monoisotopic (exact) mass is 568 g/mol. The summed E-state index contributed by atoms with van der Waals surface area (Å²) in [4.78, 5) is 2.58. The standard InChI is InChI=1S/C35H53ClN2O2/c1-5-16-37-22-27-10-15-35-33(20-27)38(17-8-7-9-28-21-31(36)13-11-30(28)24-40-35)23-29-12-14-32(29)34(39)19-26(4)18-25(3)6-2/h5,10-11,13,15,20-21,25-26,28-30,32,34,37,39H,1,6-9,12,14,16-19,22-24H2,2-4H3/t25-,26?,28?,29-,30?,32?,34?/m0/s1. The fourth-order valence-corrected chi connectivity index (χ4v) is 7.14. The fourth-order valence-electron chi connectivity index (χ4n) is 6.91. The number of nitrogens with one attached hydrogen (secondary N) is 1. The number of hydrogen-bond acceptors (Lipinski definition) is 4. The Kier molecular flexibility index (Phi) is 12.1. The SMILES string of the molecule is C=CCNCc1ccc2c(c1)N(C[C@@H]1CCC1C(O)CC(C)C[C@@H](C)CC)CCCCC1C=C(Cl)C=CC1CO2. The summed E-state index contributed by atoms with van der Waals surface area (Å²) < 4.78 is 6.59. The molecule has 3 aliphatic rings. The van der Waals surface area contributed by atoms with Crippen LogP contribution in [0.25, 0.3) is 0 Å². The molecule has 0 saturated heterocycles. The predicted molar refractivity (Wildman–Crippen MR) is 170 cm³/mol. The highest BCUT2D eigenvalue weighted by molar-refractivity contribution is 6.31. The predicted octanol–water partition coefficient (Wildman–Crippen LogP) is 8.11. The summed E-state index contributed by atoms with van der Waals surface area (Å²) in [6.07, 6.45) is 17.3. The van der Waals surface area contributed by atoms with Crippen molar-refractivity contribution in [3.8, 4) is 5.75 Å². The topological polar surface area (TPSA) is 44.7 Å². The molecule has 5 heteroatoms. The van der Waals surface area contributed by atoms with Crippen molar-refractivity contribution in [2.45, 2.75) is 84.8 Å². The number of hydrogen-bond donors (Lipinski definition) is 2. The second kappa shape index (κ2) is 15.5. The summed E-state index contributed by atoms with van der Waals surface area (Å²) in [6, 6.07) is 6.68. The van der Waals surface area contributed by atoms with Crippen LogP contribution in [0, 0.1) is 35.5 Å². The number of halogens is 1. The molecule has 0 bridgehead atoms. The maximum atomic E-state index is 11.3. The van der Waals surface area contributed by atoms with Gasteiger partial charge in [0.2, 0.25) is 0 Å². The molecule has 0 aromatic heterocycles. The van der Waals surface area contributed by atoms with E-state index < -0.39 is 0 Å². The molecule has 1 aliphatic heterocycles. The number of rotatable bonds is 12. The Morgan fingerprint density at radius 3 is 2.75 bits per heavy atom. The Morgan fingerprint density at radius 1 is 1.15 bits per heavy atom. The summed E-state index contributed by atoms with van der Waals surface area (Å²) >= 11 is 6.38. The van der Waals surface area contributed by atoms with E-state index in [2.05, 4.69) is 67.9 Å². The van der Waals surface area contributed by atoms with Crippen molar-refractivity contribution in [1.82, 2.24) is 5.32 Å². The number of anilines is 1. The van der Waals surface area contributed by atoms with Gasteiger partial charge in [-0.05, 0) is 91.9 Å². The molecular formula is C35H53ClN2O2. The number of fused-ring (bicyclic) bond motifs is 2. The van der Waals surface area contributed by atoms with Crippen LogP contribution in [-0.2, 0) is 6.54 Å². The van der Waals surface area contributed by atoms with Crippen LogP contribution in [0.3, 0.4) is 0 Å². The van der Waals surface area contributed by atoms with Crippen molar-refractivity contribution in [2.75, 3.05) is 31.1 Å². The molecule has 4 nitrogen and oxygen atoms in total. The molecule has 5 unspecified atom stereocenters. The molecule has 40 heavy (non-hydrogen) atoms. The Balaban J connectivity index is 1.50. The number of ether oxygens (including phenoxy) is 1. The number of allylic oxidation sites excluding steroid dienone is 3. The number of nitrogens with zero attached hydrogens (tertiary/aromatic N) is 1. The van der Waals surface area contributed by atoms with Crippen molar-refractivity contribution >= 4 is 17.3 Å². The summed E-state index contributed by atoms with van der Waals surface area (Å²) in [6.45, 7) is 15.0. The lowest BCUT2D eigenvalue weighted by Crippen LogP contribution is -2.44. The summed E-state index contributed by atoms with van der Waals surface area (Å²) in [5, 5.41) is 15.6. The van der Waals surface area contributed by atoms with E-state index in [-0.39, 0.29) is 6.10 Å². The molecule has 1 heterocycles. The Hall–Kier alpha value is -1.75. The lowest BCUT2D eigenvalue weighted by molar-refractivity contribution is 0.000617. The molecule has 2 N–H and O–H groups in total. The second-order valence-corrected chi connectivity index (χ2v) is 13.3. The zero-order valence-electron chi connectivity index (χ0n) is 25.2. The third-order valence-electron chi connectivity index (χ3n) is 9.63. The van der Waals surface area contributed by atoms with Crippen LogP contribution >= 0.6 is 11.6 Å². The fraction of sp³-hybridized carbons (Fsp3) is 0.657. The molecule has 1 aromatic carbocycles. The van der Waals surface area contributed by atoms with Crippen molar-refractivity contribution in [3.05, 3.63) is 59.7 Å². The zero-order chi connectivity index (χ0) is 28.5. The molecule has 1 fully saturated rings. The van der Waals surface area contributed by atoms with E-state index >= 15 is 0 Å². The van der Waals surface area contributed by atoms with Gasteiger partial charge in [-0.25, -0.2) is 0 Å². The average Bonchev–Trinajstić information content (AvgIpc) is 2.94. The van der Waals surface area contributed by atoms with Gasteiger partial charge in [-0.3, -0.25) is 0 Å². The van der Waals surface area contributed by atoms with Gasteiger partial charge in [-0.1, -0.05) is 69.5 Å². The Morgan fingerprint density at radius 2 is 2.00 bits per heavy atom. The first kappa shape index (κ1) is 31.2. The van der Waals surface area contributed by atoms with Crippen molar-refractivity contribution in [2.24, 2.45) is 35.5 Å². The lowest BCUT2D eigenvalue weighted by atomic mass is 9.68. The number of benzene rings is 1. The molecule has 7 atom stereocenters. The van der Waals surface area contributed by atoms with Gasteiger partial charge in [-0.2, -0.15) is 0 Å². The Bertz CT molecular complexity index is 1010. The maximum Gasteiger partial charge on any atom is 0.142 e. The van der Waals surface area contributed by atoms with Crippen molar-refractivity contribution in [1.29, 1.82) is 0 Å². The van der Waals surface area contributed by atoms with Crippen LogP contribution in [0.2, 0.25) is 0 Å². The van der Waals surface area contributed by atoms with Gasteiger partial charge >= 0.3 is 0 Å². The highest BCUT2D eigenvalue weighted by Crippen LogP contribution is 2.42. The third kappa shape index (κ3) is 8.63. The van der Waals surface area contributed by atoms with E-state index in [9.17, 15) is 5.11 Å². The smallest absolute Gasteiger partial charge is 0.142 e. The molecule has 0 radical (unpaired) electrons. The van der Waals surface area contributed by atoms with Gasteiger partial charge in [0.05, 0.1) is 18.4 Å². The summed E-state index contributed by atoms with van der Waals surface area (Å²) in [7, 11) is 0. The van der Waals surface area contributed by atoms with E-state index in [0.29, 0.717) is 36.2 Å². The third-order valence-corrected chi connectivity index (χ3v) is 9.88. The van der Waals surface area contributed by atoms with Gasteiger partial charge in [0.25, 0.3) is 0 Å². The average molecular weight is 569 g/mol. The van der Waals surface area contributed by atoms with Gasteiger partial charge < -0.3 is 20.1 Å². The first-order valence-corrected chi connectivity index (χ1v) is 16.3. The van der Waals surface area contributed by atoms with E-state index in [1.165, 1.54) is 36.9 Å². The molecular weight excluding hydrogens is 516 g/mol. The first-order valence-electron chi connectivity index (χ1n) is 15.9. The molecule has 4 rings (SSSR count).